The summed E-state index contributed by atoms with van der Waals surface area (Å²) < 4.78 is 37.4. The van der Waals surface area contributed by atoms with Crippen molar-refractivity contribution in [2.24, 2.45) is 0 Å². The molecule has 0 atom stereocenters. The summed E-state index contributed by atoms with van der Waals surface area (Å²) in [5.74, 6) is -0.171. The first-order chi connectivity index (χ1) is 17.1. The van der Waals surface area contributed by atoms with Crippen LogP contribution in [0, 0.1) is 0 Å². The second-order valence-electron chi connectivity index (χ2n) is 8.02. The number of carbonyl (C=O) groups excluding carboxylic acids is 2. The summed E-state index contributed by atoms with van der Waals surface area (Å²) in [6.07, 6.45) is 0. The van der Waals surface area contributed by atoms with Gasteiger partial charge in [0.15, 0.2) is 5.78 Å². The largest absolute Gasteiger partial charge is 1.00 e. The van der Waals surface area contributed by atoms with Crippen molar-refractivity contribution in [1.29, 1.82) is 0 Å². The molecule has 8 nitrogen and oxygen atoms in total. The second kappa shape index (κ2) is 11.4. The number of ketones is 1. The number of allylic oxidation sites excluding steroid dienone is 1. The van der Waals surface area contributed by atoms with Crippen molar-refractivity contribution in [2.45, 2.75) is 11.8 Å². The molecule has 0 aliphatic rings. The Morgan fingerprint density at radius 3 is 2.19 bits per heavy atom. The van der Waals surface area contributed by atoms with Gasteiger partial charge in [0.1, 0.15) is 11.5 Å². The number of hydrogen-bond acceptors (Lipinski definition) is 6. The third-order valence-corrected chi connectivity index (χ3v) is 7.09. The number of fused-ring (bicyclic) bond motifs is 1. The Labute approximate surface area is 238 Å². The molecule has 3 aromatic carbocycles. The predicted molar refractivity (Wildman–Crippen MR) is 139 cm³/mol. The number of Topliss-reactive ketones (excluding diaryl/α,β-unsaturated/α-hetero) is 1. The molecule has 0 spiro atoms. The first kappa shape index (κ1) is 28.2. The van der Waals surface area contributed by atoms with Crippen LogP contribution < -0.4 is 43.8 Å². The van der Waals surface area contributed by atoms with Crippen LogP contribution in [0.4, 0.5) is 0 Å². The van der Waals surface area contributed by atoms with Crippen molar-refractivity contribution in [3.63, 3.8) is 0 Å². The number of carbonyl (C=O) groups is 2. The number of sulfonamides is 1. The molecular weight excluding hydrogens is 503 g/mol. The molecule has 0 bridgehead atoms. The van der Waals surface area contributed by atoms with E-state index in [1.165, 1.54) is 31.4 Å². The topological polar surface area (TPSA) is 115 Å². The molecule has 10 heteroatoms. The Balaban J connectivity index is 0.00000253. The standard InChI is InChI=1S/C27H24N2O6S.Na.H/c1-16(27(31)18-9-11-20(12-10-18)36(32,33)29-17(2)30)21-14-22(26(35-4)15-25(21)34-3)24-13-19-7-5-6-8-23(19)28-24;;/h5-15,28H,1H2,2-4H3,(H,29,30);;/q;+1;-1. The smallest absolute Gasteiger partial charge is 1.00 e. The maximum absolute atomic E-state index is 13.3. The maximum atomic E-state index is 13.3. The minimum atomic E-state index is -4.01. The fourth-order valence-electron chi connectivity index (χ4n) is 3.89. The van der Waals surface area contributed by atoms with Gasteiger partial charge >= 0.3 is 29.6 Å². The van der Waals surface area contributed by atoms with Crippen LogP contribution in [0.2, 0.25) is 0 Å². The van der Waals surface area contributed by atoms with Crippen molar-refractivity contribution in [3.8, 4) is 22.8 Å². The molecule has 2 N–H and O–H groups in total. The molecule has 0 saturated carbocycles. The van der Waals surface area contributed by atoms with E-state index < -0.39 is 21.7 Å². The number of hydrogen-bond donors (Lipinski definition) is 2. The summed E-state index contributed by atoms with van der Waals surface area (Å²) >= 11 is 0. The number of nitrogens with one attached hydrogen (secondary N) is 2. The van der Waals surface area contributed by atoms with Crippen LogP contribution in [-0.2, 0) is 14.8 Å². The summed E-state index contributed by atoms with van der Waals surface area (Å²) in [6.45, 7) is 5.10. The van der Waals surface area contributed by atoms with Gasteiger partial charge in [-0.1, -0.05) is 24.8 Å². The Bertz CT molecular complexity index is 1580. The second-order valence-corrected chi connectivity index (χ2v) is 9.70. The summed E-state index contributed by atoms with van der Waals surface area (Å²) in [5, 5.41) is 1.02. The van der Waals surface area contributed by atoms with E-state index in [0.717, 1.165) is 29.1 Å². The molecule has 0 aliphatic heterocycles. The Morgan fingerprint density at radius 1 is 0.946 bits per heavy atom. The van der Waals surface area contributed by atoms with Gasteiger partial charge in [0, 0.05) is 46.2 Å². The van der Waals surface area contributed by atoms with E-state index in [1.54, 1.807) is 19.2 Å². The third kappa shape index (κ3) is 5.80. The summed E-state index contributed by atoms with van der Waals surface area (Å²) in [7, 11) is -0.972. The number of H-pyrrole nitrogens is 1. The van der Waals surface area contributed by atoms with Gasteiger partial charge in [-0.25, -0.2) is 13.1 Å². The molecule has 186 valence electrons. The number of aromatic amines is 1. The fourth-order valence-corrected chi connectivity index (χ4v) is 4.88. The van der Waals surface area contributed by atoms with E-state index in [0.29, 0.717) is 17.1 Å². The third-order valence-electron chi connectivity index (χ3n) is 5.65. The van der Waals surface area contributed by atoms with Crippen molar-refractivity contribution in [1.82, 2.24) is 9.71 Å². The van der Waals surface area contributed by atoms with Gasteiger partial charge in [0.05, 0.1) is 24.8 Å². The molecule has 4 aromatic rings. The zero-order chi connectivity index (χ0) is 26.0. The van der Waals surface area contributed by atoms with Crippen molar-refractivity contribution < 1.29 is 58.5 Å². The zero-order valence-corrected chi connectivity index (χ0v) is 23.7. The molecular formula is C27H25N2NaO6S. The molecule has 37 heavy (non-hydrogen) atoms. The summed E-state index contributed by atoms with van der Waals surface area (Å²) in [5.41, 5.74) is 3.32. The number of benzene rings is 3. The average Bonchev–Trinajstić information content (AvgIpc) is 3.30. The number of aromatic nitrogens is 1. The number of ether oxygens (including phenoxy) is 2. The van der Waals surface area contributed by atoms with Gasteiger partial charge in [-0.3, -0.25) is 9.59 Å². The van der Waals surface area contributed by atoms with Gasteiger partial charge in [0.2, 0.25) is 5.91 Å². The van der Waals surface area contributed by atoms with Crippen LogP contribution in [0.3, 0.4) is 0 Å². The van der Waals surface area contributed by atoms with Crippen LogP contribution in [0.15, 0.2) is 78.2 Å². The van der Waals surface area contributed by atoms with E-state index in [2.05, 4.69) is 11.6 Å². The molecule has 0 fully saturated rings. The van der Waals surface area contributed by atoms with Crippen LogP contribution >= 0.6 is 0 Å². The predicted octanol–water partition coefficient (Wildman–Crippen LogP) is 1.69. The number of methoxy groups -OCH3 is 2. The quantitative estimate of drug-likeness (QED) is 0.204. The van der Waals surface area contributed by atoms with Gasteiger partial charge in [0.25, 0.3) is 10.0 Å². The van der Waals surface area contributed by atoms with Crippen molar-refractivity contribution >= 4 is 38.2 Å². The SMILES string of the molecule is C=C(C(=O)c1ccc(S(=O)(=O)NC(C)=O)cc1)c1cc(-c2cc3ccccc3[nH]2)c(OC)cc1OC.[H-].[Na+]. The molecule has 0 saturated heterocycles. The Hall–Kier alpha value is -3.37. The van der Waals surface area contributed by atoms with Crippen LogP contribution in [0.25, 0.3) is 27.7 Å². The molecule has 4 rings (SSSR count). The van der Waals surface area contributed by atoms with Gasteiger partial charge in [-0.2, -0.15) is 0 Å². The van der Waals surface area contributed by atoms with E-state index >= 15 is 0 Å². The first-order valence-corrected chi connectivity index (χ1v) is 12.3. The fraction of sp³-hybridized carbons (Fsp3) is 0.111. The number of amides is 1. The summed E-state index contributed by atoms with van der Waals surface area (Å²) in [4.78, 5) is 27.7. The zero-order valence-electron chi connectivity index (χ0n) is 21.9. The molecule has 1 amide bonds. The van der Waals surface area contributed by atoms with E-state index in [9.17, 15) is 18.0 Å². The monoisotopic (exact) mass is 528 g/mol. The maximum Gasteiger partial charge on any atom is 1.00 e. The van der Waals surface area contributed by atoms with Crippen molar-refractivity contribution in [2.75, 3.05) is 14.2 Å². The normalized spacial score (nSPS) is 10.9. The van der Waals surface area contributed by atoms with Gasteiger partial charge in [-0.15, -0.1) is 0 Å². The first-order valence-electron chi connectivity index (χ1n) is 10.9. The van der Waals surface area contributed by atoms with E-state index in [-0.39, 0.29) is 47.0 Å². The minimum absolute atomic E-state index is 0. The Kier molecular flexibility index (Phi) is 8.65. The van der Waals surface area contributed by atoms with Gasteiger partial charge in [-0.05, 0) is 42.5 Å². The molecule has 1 heterocycles. The Morgan fingerprint density at radius 2 is 1.59 bits per heavy atom. The summed E-state index contributed by atoms with van der Waals surface area (Å²) in [6, 6.07) is 18.6. The van der Waals surface area contributed by atoms with Crippen LogP contribution in [-0.4, -0.2) is 39.3 Å². The van der Waals surface area contributed by atoms with Crippen molar-refractivity contribution in [3.05, 3.63) is 84.4 Å². The number of rotatable bonds is 8. The van der Waals surface area contributed by atoms with Gasteiger partial charge < -0.3 is 15.9 Å². The average molecular weight is 529 g/mol. The number of para-hydroxylation sites is 1. The van der Waals surface area contributed by atoms with E-state index in [4.69, 9.17) is 9.47 Å². The molecule has 0 unspecified atom stereocenters. The molecule has 0 radical (unpaired) electrons. The van der Waals surface area contributed by atoms with Crippen LogP contribution in [0.5, 0.6) is 11.5 Å². The molecule has 1 aromatic heterocycles. The van der Waals surface area contributed by atoms with E-state index in [1.807, 2.05) is 35.1 Å². The molecule has 0 aliphatic carbocycles. The van der Waals surface area contributed by atoms with Crippen LogP contribution in [0.1, 0.15) is 24.3 Å². The minimum Gasteiger partial charge on any atom is -1.00 e.